The minimum absolute atomic E-state index is 0.0233. The van der Waals surface area contributed by atoms with Gasteiger partial charge in [-0.15, -0.1) is 0 Å². The molecule has 1 saturated heterocycles. The van der Waals surface area contributed by atoms with Crippen molar-refractivity contribution in [3.63, 3.8) is 0 Å². The van der Waals surface area contributed by atoms with Crippen molar-refractivity contribution in [1.82, 2.24) is 4.90 Å². The molecule has 1 atom stereocenters. The van der Waals surface area contributed by atoms with Gasteiger partial charge in [0.1, 0.15) is 12.2 Å². The molecule has 3 rings (SSSR count). The van der Waals surface area contributed by atoms with Gasteiger partial charge in [-0.1, -0.05) is 17.7 Å². The van der Waals surface area contributed by atoms with Gasteiger partial charge in [0, 0.05) is 25.2 Å². The lowest BCUT2D eigenvalue weighted by molar-refractivity contribution is -0.136. The maximum Gasteiger partial charge on any atom is 0.294 e. The number of benzene rings is 2. The fourth-order valence-electron chi connectivity index (χ4n) is 3.69. The van der Waals surface area contributed by atoms with Gasteiger partial charge in [-0.05, 0) is 55.9 Å². The van der Waals surface area contributed by atoms with E-state index in [0.29, 0.717) is 32.0 Å². The Kier molecular flexibility index (Phi) is 9.81. The van der Waals surface area contributed by atoms with E-state index in [1.54, 1.807) is 17.0 Å². The van der Waals surface area contributed by atoms with Gasteiger partial charge in [0.2, 0.25) is 11.8 Å². The number of aryl methyl sites for hydroxylation is 1. The normalized spacial score (nSPS) is 15.2. The molecule has 1 aliphatic heterocycles. The summed E-state index contributed by atoms with van der Waals surface area (Å²) in [6.07, 6.45) is 0.952. The first kappa shape index (κ1) is 28.3. The Balaban J connectivity index is 0.000000328. The zero-order chi connectivity index (χ0) is 26.3. The first-order chi connectivity index (χ1) is 16.3. The number of primary amides is 1. The van der Waals surface area contributed by atoms with E-state index >= 15 is 0 Å². The highest BCUT2D eigenvalue weighted by Crippen LogP contribution is 2.24. The first-order valence-electron chi connectivity index (χ1n) is 10.8. The van der Waals surface area contributed by atoms with Crippen LogP contribution in [0.25, 0.3) is 0 Å². The van der Waals surface area contributed by atoms with Gasteiger partial charge < -0.3 is 16.4 Å². The second-order valence-corrected chi connectivity index (χ2v) is 9.80. The molecular weight excluding hydrogens is 487 g/mol. The van der Waals surface area contributed by atoms with Crippen LogP contribution in [0, 0.1) is 30.3 Å². The average molecular weight is 516 g/mol. The molecule has 0 aromatic heterocycles. The number of hydrogen-bond acceptors (Lipinski definition) is 5. The van der Waals surface area contributed by atoms with Crippen molar-refractivity contribution in [2.75, 3.05) is 13.1 Å². The molecule has 0 radical (unpaired) electrons. The summed E-state index contributed by atoms with van der Waals surface area (Å²) >= 11 is 0. The van der Waals surface area contributed by atoms with Crippen LogP contribution in [0.1, 0.15) is 30.4 Å². The number of nitrogens with zero attached hydrogens (tertiary/aromatic N) is 1. The maximum absolute atomic E-state index is 13.7. The van der Waals surface area contributed by atoms with Crippen molar-refractivity contribution in [2.24, 2.45) is 17.4 Å². The van der Waals surface area contributed by atoms with Crippen molar-refractivity contribution in [3.8, 4) is 0 Å². The third-order valence-corrected chi connectivity index (χ3v) is 6.55. The summed E-state index contributed by atoms with van der Waals surface area (Å²) in [5.74, 6) is -4.13. The Morgan fingerprint density at radius 1 is 1.06 bits per heavy atom. The van der Waals surface area contributed by atoms with Crippen LogP contribution in [0.3, 0.4) is 0 Å². The van der Waals surface area contributed by atoms with Gasteiger partial charge in [-0.3, -0.25) is 14.1 Å². The largest absolute Gasteiger partial charge is 0.369 e. The van der Waals surface area contributed by atoms with Crippen molar-refractivity contribution in [2.45, 2.75) is 43.5 Å². The molecular formula is C23H28F3N3O5S. The molecule has 0 unspecified atom stereocenters. The molecule has 0 aliphatic carbocycles. The van der Waals surface area contributed by atoms with Crippen molar-refractivity contribution < 1.29 is 35.7 Å². The van der Waals surface area contributed by atoms with E-state index < -0.39 is 39.5 Å². The van der Waals surface area contributed by atoms with Crippen LogP contribution < -0.4 is 11.5 Å². The van der Waals surface area contributed by atoms with Crippen molar-refractivity contribution in [1.29, 1.82) is 0 Å². The van der Waals surface area contributed by atoms with E-state index in [0.717, 1.165) is 11.6 Å². The van der Waals surface area contributed by atoms with Crippen LogP contribution in [0.4, 0.5) is 13.2 Å². The van der Waals surface area contributed by atoms with Gasteiger partial charge in [-0.2, -0.15) is 8.42 Å². The van der Waals surface area contributed by atoms with Crippen molar-refractivity contribution >= 4 is 21.9 Å². The number of nitrogens with two attached hydrogens (primary N) is 2. The standard InChI is InChI=1S/C16H20F3N3O2.C7H8O3S/c17-11-7-13(19)12(18)5-10(11)6-14(20)9-1-3-22(4-2-9)16(24)8-15(21)23;1-6-2-4-7(5-3-6)11(8,9)10/h5,7,9,14H,1-4,6,8,20H2,(H2,21,23);2-5H,1H3,(H,8,9,10)/t14-;/m1./s1. The molecule has 35 heavy (non-hydrogen) atoms. The lowest BCUT2D eigenvalue weighted by atomic mass is 9.86. The quantitative estimate of drug-likeness (QED) is 0.306. The Morgan fingerprint density at radius 2 is 1.60 bits per heavy atom. The minimum Gasteiger partial charge on any atom is -0.369 e. The van der Waals surface area contributed by atoms with Gasteiger partial charge >= 0.3 is 0 Å². The topological polar surface area (TPSA) is 144 Å². The molecule has 2 aromatic rings. The fourth-order valence-corrected chi connectivity index (χ4v) is 4.17. The number of halogens is 3. The number of amides is 2. The Morgan fingerprint density at radius 3 is 2.11 bits per heavy atom. The monoisotopic (exact) mass is 515 g/mol. The van der Waals surface area contributed by atoms with Crippen molar-refractivity contribution in [3.05, 3.63) is 65.0 Å². The second-order valence-electron chi connectivity index (χ2n) is 8.38. The van der Waals surface area contributed by atoms with Crippen LogP contribution in [-0.2, 0) is 26.1 Å². The summed E-state index contributed by atoms with van der Waals surface area (Å²) in [5.41, 5.74) is 12.1. The lowest BCUT2D eigenvalue weighted by Gasteiger charge is -2.34. The van der Waals surface area contributed by atoms with Crippen LogP contribution in [-0.4, -0.2) is 48.8 Å². The van der Waals surface area contributed by atoms with Crippen LogP contribution in [0.15, 0.2) is 41.3 Å². The predicted octanol–water partition coefficient (Wildman–Crippen LogP) is 2.33. The molecule has 192 valence electrons. The molecule has 1 aliphatic rings. The zero-order valence-electron chi connectivity index (χ0n) is 19.1. The molecule has 1 fully saturated rings. The summed E-state index contributed by atoms with van der Waals surface area (Å²) in [4.78, 5) is 24.0. The van der Waals surface area contributed by atoms with E-state index in [4.69, 9.17) is 16.0 Å². The Labute approximate surface area is 201 Å². The van der Waals surface area contributed by atoms with E-state index in [1.165, 1.54) is 12.1 Å². The van der Waals surface area contributed by atoms with E-state index in [-0.39, 0.29) is 35.1 Å². The lowest BCUT2D eigenvalue weighted by Crippen LogP contribution is -2.45. The highest BCUT2D eigenvalue weighted by atomic mass is 32.2. The predicted molar refractivity (Wildman–Crippen MR) is 122 cm³/mol. The summed E-state index contributed by atoms with van der Waals surface area (Å²) in [5, 5.41) is 0. The highest BCUT2D eigenvalue weighted by molar-refractivity contribution is 7.85. The molecule has 2 amide bonds. The molecule has 1 heterocycles. The molecule has 0 spiro atoms. The number of hydrogen-bond donors (Lipinski definition) is 3. The van der Waals surface area contributed by atoms with Crippen LogP contribution in [0.2, 0.25) is 0 Å². The molecule has 0 bridgehead atoms. The van der Waals surface area contributed by atoms with Gasteiger partial charge in [0.15, 0.2) is 11.6 Å². The first-order valence-corrected chi connectivity index (χ1v) is 12.2. The fraction of sp³-hybridized carbons (Fsp3) is 0.391. The summed E-state index contributed by atoms with van der Waals surface area (Å²) in [6, 6.07) is 6.90. The summed E-state index contributed by atoms with van der Waals surface area (Å²) in [7, 11) is -4.02. The summed E-state index contributed by atoms with van der Waals surface area (Å²) < 4.78 is 69.4. The number of likely N-dealkylation sites (tertiary alicyclic amines) is 1. The van der Waals surface area contributed by atoms with Gasteiger partial charge in [0.25, 0.3) is 10.1 Å². The minimum atomic E-state index is -4.02. The molecule has 0 saturated carbocycles. The average Bonchev–Trinajstić information content (AvgIpc) is 2.77. The zero-order valence-corrected chi connectivity index (χ0v) is 19.9. The SMILES string of the molecule is Cc1ccc(S(=O)(=O)O)cc1.NC(=O)CC(=O)N1CCC([C@H](N)Cc2cc(F)c(F)cc2F)CC1. The van der Waals surface area contributed by atoms with Crippen LogP contribution in [0.5, 0.6) is 0 Å². The molecule has 12 heteroatoms. The number of carbonyl (C=O) groups is 2. The molecule has 8 nitrogen and oxygen atoms in total. The Bertz CT molecular complexity index is 1150. The summed E-state index contributed by atoms with van der Waals surface area (Å²) in [6.45, 7) is 2.71. The van der Waals surface area contributed by atoms with E-state index in [2.05, 4.69) is 0 Å². The smallest absolute Gasteiger partial charge is 0.294 e. The highest BCUT2D eigenvalue weighted by Gasteiger charge is 2.28. The van der Waals surface area contributed by atoms with E-state index in [1.807, 2.05) is 6.92 Å². The van der Waals surface area contributed by atoms with Gasteiger partial charge in [0.05, 0.1) is 4.90 Å². The molecule has 2 aromatic carbocycles. The molecule has 5 N–H and O–H groups in total. The van der Waals surface area contributed by atoms with Gasteiger partial charge in [-0.25, -0.2) is 13.2 Å². The maximum atomic E-state index is 13.7. The third-order valence-electron chi connectivity index (χ3n) is 5.69. The number of carbonyl (C=O) groups excluding carboxylic acids is 2. The van der Waals surface area contributed by atoms with Crippen LogP contribution >= 0.6 is 0 Å². The Hall–Kier alpha value is -2.96. The van der Waals surface area contributed by atoms with E-state index in [9.17, 15) is 31.2 Å². The number of piperidine rings is 1. The second kappa shape index (κ2) is 12.1. The third kappa shape index (κ3) is 8.64. The number of rotatable bonds is 6.